The fourth-order valence-electron chi connectivity index (χ4n) is 3.67. The molecule has 1 aliphatic heterocycles. The molecule has 1 saturated carbocycles. The quantitative estimate of drug-likeness (QED) is 0.727. The summed E-state index contributed by atoms with van der Waals surface area (Å²) in [6.45, 7) is 4.99. The molecule has 1 aliphatic carbocycles. The minimum absolute atomic E-state index is 0.629. The Labute approximate surface area is 153 Å². The molecule has 0 amide bonds. The molecule has 0 bridgehead atoms. The maximum Gasteiger partial charge on any atom is 0.131 e. The molecule has 5 nitrogen and oxygen atoms in total. The number of rotatable bonds is 4. The van der Waals surface area contributed by atoms with Gasteiger partial charge in [-0.15, -0.1) is 0 Å². The maximum absolute atomic E-state index is 4.82. The van der Waals surface area contributed by atoms with Gasteiger partial charge < -0.3 is 0 Å². The summed E-state index contributed by atoms with van der Waals surface area (Å²) in [5.74, 6) is 1.70. The molecule has 3 heterocycles. The van der Waals surface area contributed by atoms with Crippen molar-refractivity contribution in [3.05, 3.63) is 71.1 Å². The fraction of sp³-hybridized carbons (Fsp3) is 0.381. The van der Waals surface area contributed by atoms with Gasteiger partial charge in [-0.3, -0.25) is 4.90 Å². The molecule has 0 unspecified atom stereocenters. The average Bonchev–Trinajstić information content (AvgIpc) is 3.46. The molecule has 0 spiro atoms. The van der Waals surface area contributed by atoms with Crippen LogP contribution in [-0.4, -0.2) is 31.2 Å². The Bertz CT molecular complexity index is 927. The molecule has 5 heteroatoms. The van der Waals surface area contributed by atoms with Crippen molar-refractivity contribution in [1.82, 2.24) is 24.6 Å². The fourth-order valence-corrected chi connectivity index (χ4v) is 3.67. The van der Waals surface area contributed by atoms with E-state index in [4.69, 9.17) is 10.1 Å². The highest BCUT2D eigenvalue weighted by molar-refractivity contribution is 5.32. The topological polar surface area (TPSA) is 46.8 Å². The van der Waals surface area contributed by atoms with Crippen LogP contribution in [0.15, 0.2) is 42.7 Å². The van der Waals surface area contributed by atoms with Crippen molar-refractivity contribution in [3.63, 3.8) is 0 Å². The number of aromatic nitrogens is 4. The van der Waals surface area contributed by atoms with Crippen LogP contribution in [0.1, 0.15) is 47.1 Å². The monoisotopic (exact) mass is 345 g/mol. The van der Waals surface area contributed by atoms with Crippen molar-refractivity contribution in [2.75, 3.05) is 6.54 Å². The van der Waals surface area contributed by atoms with E-state index in [2.05, 4.69) is 41.3 Å². The van der Waals surface area contributed by atoms with E-state index in [-0.39, 0.29) is 0 Å². The van der Waals surface area contributed by atoms with Gasteiger partial charge in [0.05, 0.1) is 11.4 Å². The van der Waals surface area contributed by atoms with Gasteiger partial charge >= 0.3 is 0 Å². The second-order valence-electron chi connectivity index (χ2n) is 7.45. The third-order valence-electron chi connectivity index (χ3n) is 5.39. The van der Waals surface area contributed by atoms with Gasteiger partial charge in [0.2, 0.25) is 0 Å². The normalized spacial score (nSPS) is 17.3. The summed E-state index contributed by atoms with van der Waals surface area (Å²) in [7, 11) is 0. The highest BCUT2D eigenvalue weighted by Crippen LogP contribution is 2.38. The molecule has 3 aromatic rings. The molecular weight excluding hydrogens is 322 g/mol. The molecule has 0 atom stereocenters. The highest BCUT2D eigenvalue weighted by atomic mass is 15.3. The van der Waals surface area contributed by atoms with E-state index in [1.165, 1.54) is 29.7 Å². The third-order valence-corrected chi connectivity index (χ3v) is 5.39. The molecule has 2 aliphatic rings. The van der Waals surface area contributed by atoms with Crippen molar-refractivity contribution in [1.29, 1.82) is 0 Å². The van der Waals surface area contributed by atoms with Crippen molar-refractivity contribution >= 4 is 0 Å². The van der Waals surface area contributed by atoms with Gasteiger partial charge in [-0.25, -0.2) is 14.6 Å². The molecule has 132 valence electrons. The first-order valence-corrected chi connectivity index (χ1v) is 9.44. The Hall–Kier alpha value is -2.53. The predicted molar refractivity (Wildman–Crippen MR) is 100 cm³/mol. The van der Waals surface area contributed by atoms with E-state index in [1.807, 2.05) is 22.9 Å². The van der Waals surface area contributed by atoms with Crippen LogP contribution in [-0.2, 0) is 19.5 Å². The Morgan fingerprint density at radius 1 is 1.15 bits per heavy atom. The first-order valence-electron chi connectivity index (χ1n) is 9.44. The zero-order valence-corrected chi connectivity index (χ0v) is 15.1. The van der Waals surface area contributed by atoms with Gasteiger partial charge in [0, 0.05) is 61.2 Å². The van der Waals surface area contributed by atoms with Crippen LogP contribution in [0.2, 0.25) is 0 Å². The molecule has 1 fully saturated rings. The highest BCUT2D eigenvalue weighted by Gasteiger charge is 2.28. The zero-order valence-electron chi connectivity index (χ0n) is 15.1. The van der Waals surface area contributed by atoms with Gasteiger partial charge in [-0.2, -0.15) is 5.10 Å². The molecule has 0 saturated heterocycles. The second-order valence-corrected chi connectivity index (χ2v) is 7.45. The summed E-state index contributed by atoms with van der Waals surface area (Å²) in [5.41, 5.74) is 6.03. The van der Waals surface area contributed by atoms with Crippen molar-refractivity contribution in [2.24, 2.45) is 0 Å². The van der Waals surface area contributed by atoms with E-state index in [0.29, 0.717) is 5.92 Å². The minimum atomic E-state index is 0.629. The number of para-hydroxylation sites is 1. The average molecular weight is 345 g/mol. The lowest BCUT2D eigenvalue weighted by Crippen LogP contribution is -2.31. The Balaban J connectivity index is 1.32. The second kappa shape index (κ2) is 6.32. The smallest absolute Gasteiger partial charge is 0.131 e. The standard InChI is InChI=1S/C21H23N5/c1-15-18(14-26(24-15)19-5-3-2-4-6-19)13-25-10-9-20-17(12-25)11-22-21(23-20)16-7-8-16/h2-6,11,14,16H,7-10,12-13H2,1H3. The summed E-state index contributed by atoms with van der Waals surface area (Å²) in [5, 5.41) is 4.69. The minimum Gasteiger partial charge on any atom is -0.294 e. The van der Waals surface area contributed by atoms with Crippen LogP contribution >= 0.6 is 0 Å². The number of hydrogen-bond acceptors (Lipinski definition) is 4. The molecule has 26 heavy (non-hydrogen) atoms. The van der Waals surface area contributed by atoms with Gasteiger partial charge in [0.25, 0.3) is 0 Å². The van der Waals surface area contributed by atoms with Crippen LogP contribution in [0.4, 0.5) is 0 Å². The predicted octanol–water partition coefficient (Wildman–Crippen LogP) is 3.41. The summed E-state index contributed by atoms with van der Waals surface area (Å²) in [6.07, 6.45) is 7.75. The van der Waals surface area contributed by atoms with Gasteiger partial charge in [-0.05, 0) is 31.9 Å². The van der Waals surface area contributed by atoms with E-state index in [9.17, 15) is 0 Å². The lowest BCUT2D eigenvalue weighted by molar-refractivity contribution is 0.242. The summed E-state index contributed by atoms with van der Waals surface area (Å²) < 4.78 is 1.98. The van der Waals surface area contributed by atoms with Crippen molar-refractivity contribution < 1.29 is 0 Å². The van der Waals surface area contributed by atoms with Gasteiger partial charge in [0.1, 0.15) is 5.82 Å². The molecule has 5 rings (SSSR count). The van der Waals surface area contributed by atoms with E-state index in [1.54, 1.807) is 0 Å². The van der Waals surface area contributed by atoms with Crippen LogP contribution in [0.25, 0.3) is 5.69 Å². The van der Waals surface area contributed by atoms with E-state index < -0.39 is 0 Å². The zero-order chi connectivity index (χ0) is 17.5. The summed E-state index contributed by atoms with van der Waals surface area (Å²) >= 11 is 0. The summed E-state index contributed by atoms with van der Waals surface area (Å²) in [4.78, 5) is 11.9. The van der Waals surface area contributed by atoms with Gasteiger partial charge in [0.15, 0.2) is 0 Å². The molecule has 1 aromatic carbocycles. The van der Waals surface area contributed by atoms with Crippen LogP contribution in [0, 0.1) is 6.92 Å². The number of aryl methyl sites for hydroxylation is 1. The first kappa shape index (κ1) is 15.7. The Kier molecular flexibility index (Phi) is 3.82. The van der Waals surface area contributed by atoms with Crippen molar-refractivity contribution in [2.45, 2.75) is 45.2 Å². The van der Waals surface area contributed by atoms with Gasteiger partial charge in [-0.1, -0.05) is 18.2 Å². The van der Waals surface area contributed by atoms with Crippen LogP contribution in [0.3, 0.4) is 0 Å². The largest absolute Gasteiger partial charge is 0.294 e. The van der Waals surface area contributed by atoms with E-state index >= 15 is 0 Å². The SMILES string of the molecule is Cc1nn(-c2ccccc2)cc1CN1CCc2nc(C3CC3)ncc2C1. The van der Waals surface area contributed by atoms with E-state index in [0.717, 1.165) is 43.3 Å². The van der Waals surface area contributed by atoms with Crippen LogP contribution < -0.4 is 0 Å². The Morgan fingerprint density at radius 2 is 2.00 bits per heavy atom. The number of fused-ring (bicyclic) bond motifs is 1. The molecule has 0 N–H and O–H groups in total. The molecular formula is C21H23N5. The first-order chi connectivity index (χ1) is 12.8. The number of benzene rings is 1. The summed E-state index contributed by atoms with van der Waals surface area (Å²) in [6, 6.07) is 10.3. The van der Waals surface area contributed by atoms with Crippen molar-refractivity contribution in [3.8, 4) is 5.69 Å². The van der Waals surface area contributed by atoms with Crippen LogP contribution in [0.5, 0.6) is 0 Å². The lowest BCUT2D eigenvalue weighted by Gasteiger charge is -2.27. The third kappa shape index (κ3) is 3.03. The number of nitrogens with zero attached hydrogens (tertiary/aromatic N) is 5. The number of hydrogen-bond donors (Lipinski definition) is 0. The maximum atomic E-state index is 4.82. The molecule has 0 radical (unpaired) electrons. The molecule has 2 aromatic heterocycles. The Morgan fingerprint density at radius 3 is 2.81 bits per heavy atom. The lowest BCUT2D eigenvalue weighted by atomic mass is 10.1.